The molecule has 25 heavy (non-hydrogen) atoms. The number of likely N-dealkylation sites (tertiary alicyclic amines) is 1. The Bertz CT molecular complexity index is 568. The van der Waals surface area contributed by atoms with Gasteiger partial charge in [-0.1, -0.05) is 6.07 Å². The molecule has 2 rings (SSSR count). The van der Waals surface area contributed by atoms with Crippen molar-refractivity contribution in [2.45, 2.75) is 19.5 Å². The minimum atomic E-state index is -0.154. The summed E-state index contributed by atoms with van der Waals surface area (Å²) in [5.41, 5.74) is 1.78. The fourth-order valence-electron chi connectivity index (χ4n) is 3.11. The molecule has 0 amide bonds. The molecule has 1 atom stereocenters. The number of aliphatic imine (C=N–C) groups is 1. The summed E-state index contributed by atoms with van der Waals surface area (Å²) in [5.74, 6) is 1.30. The van der Waals surface area contributed by atoms with Crippen LogP contribution in [0.5, 0.6) is 0 Å². The van der Waals surface area contributed by atoms with E-state index in [4.69, 9.17) is 4.74 Å². The zero-order valence-electron chi connectivity index (χ0n) is 15.6. The number of ether oxygens (including phenoxy) is 1. The Labute approximate surface area is 167 Å². The molecule has 0 bridgehead atoms. The van der Waals surface area contributed by atoms with Crippen LogP contribution in [0.2, 0.25) is 0 Å². The fourth-order valence-corrected chi connectivity index (χ4v) is 3.11. The van der Waals surface area contributed by atoms with E-state index in [1.54, 1.807) is 20.2 Å². The van der Waals surface area contributed by atoms with E-state index in [1.165, 1.54) is 0 Å². The summed E-state index contributed by atoms with van der Waals surface area (Å²) in [4.78, 5) is 8.60. The molecule has 142 valence electrons. The molecule has 1 N–H and O–H groups in total. The van der Waals surface area contributed by atoms with Gasteiger partial charge in [0.25, 0.3) is 0 Å². The molecule has 1 aromatic carbocycles. The Morgan fingerprint density at radius 3 is 2.84 bits per heavy atom. The van der Waals surface area contributed by atoms with E-state index in [9.17, 15) is 4.39 Å². The van der Waals surface area contributed by atoms with Crippen molar-refractivity contribution >= 4 is 29.9 Å². The fraction of sp³-hybridized carbons (Fsp3) is 0.611. The molecule has 5 nitrogen and oxygen atoms in total. The third kappa shape index (κ3) is 6.71. The summed E-state index contributed by atoms with van der Waals surface area (Å²) in [7, 11) is 7.43. The Morgan fingerprint density at radius 1 is 1.44 bits per heavy atom. The highest BCUT2D eigenvalue weighted by Crippen LogP contribution is 2.17. The highest BCUT2D eigenvalue weighted by atomic mass is 127. The van der Waals surface area contributed by atoms with Crippen molar-refractivity contribution in [2.75, 3.05) is 47.9 Å². The molecular weight excluding hydrogens is 434 g/mol. The van der Waals surface area contributed by atoms with Crippen LogP contribution in [-0.2, 0) is 17.8 Å². The number of halogens is 2. The lowest BCUT2D eigenvalue weighted by Gasteiger charge is -2.22. The van der Waals surface area contributed by atoms with Gasteiger partial charge in [-0.3, -0.25) is 4.99 Å². The van der Waals surface area contributed by atoms with Crippen molar-refractivity contribution in [1.82, 2.24) is 15.1 Å². The van der Waals surface area contributed by atoms with Gasteiger partial charge in [-0.25, -0.2) is 4.39 Å². The Hall–Kier alpha value is -0.930. The first kappa shape index (κ1) is 22.1. The number of benzene rings is 1. The largest absolute Gasteiger partial charge is 0.384 e. The molecule has 1 unspecified atom stereocenters. The van der Waals surface area contributed by atoms with Crippen LogP contribution in [0.25, 0.3) is 0 Å². The Kier molecular flexibility index (Phi) is 9.66. The van der Waals surface area contributed by atoms with E-state index in [0.29, 0.717) is 19.0 Å². The predicted octanol–water partition coefficient (Wildman–Crippen LogP) is 2.55. The van der Waals surface area contributed by atoms with E-state index >= 15 is 0 Å². The molecule has 1 aliphatic heterocycles. The van der Waals surface area contributed by atoms with E-state index in [1.807, 2.05) is 31.1 Å². The van der Waals surface area contributed by atoms with Crippen molar-refractivity contribution in [3.63, 3.8) is 0 Å². The molecule has 1 aromatic rings. The second kappa shape index (κ2) is 10.9. The molecule has 1 fully saturated rings. The quantitative estimate of drug-likeness (QED) is 0.399. The van der Waals surface area contributed by atoms with E-state index in [2.05, 4.69) is 15.2 Å². The summed E-state index contributed by atoms with van der Waals surface area (Å²) >= 11 is 0. The van der Waals surface area contributed by atoms with Gasteiger partial charge in [0.05, 0.1) is 6.61 Å². The molecule has 1 aliphatic rings. The van der Waals surface area contributed by atoms with Gasteiger partial charge in [-0.05, 0) is 38.2 Å². The number of methoxy groups -OCH3 is 1. The third-order valence-corrected chi connectivity index (χ3v) is 4.25. The second-order valence-corrected chi connectivity index (χ2v) is 6.62. The number of rotatable bonds is 6. The van der Waals surface area contributed by atoms with Gasteiger partial charge in [0.2, 0.25) is 0 Å². The lowest BCUT2D eigenvalue weighted by molar-refractivity contribution is 0.157. The van der Waals surface area contributed by atoms with Gasteiger partial charge in [-0.15, -0.1) is 24.0 Å². The van der Waals surface area contributed by atoms with Crippen LogP contribution in [-0.4, -0.2) is 63.7 Å². The van der Waals surface area contributed by atoms with Crippen LogP contribution < -0.4 is 5.32 Å². The monoisotopic (exact) mass is 464 g/mol. The van der Waals surface area contributed by atoms with E-state index in [-0.39, 0.29) is 29.8 Å². The maximum atomic E-state index is 13.9. The molecule has 0 radical (unpaired) electrons. The van der Waals surface area contributed by atoms with E-state index in [0.717, 1.165) is 43.2 Å². The summed E-state index contributed by atoms with van der Waals surface area (Å²) in [6, 6.07) is 5.29. The smallest absolute Gasteiger partial charge is 0.193 e. The van der Waals surface area contributed by atoms with Crippen molar-refractivity contribution in [2.24, 2.45) is 10.9 Å². The highest BCUT2D eigenvalue weighted by molar-refractivity contribution is 14.0. The van der Waals surface area contributed by atoms with Crippen molar-refractivity contribution in [3.05, 3.63) is 35.1 Å². The zero-order chi connectivity index (χ0) is 17.5. The minimum absolute atomic E-state index is 0. The minimum Gasteiger partial charge on any atom is -0.384 e. The Balaban J connectivity index is 0.00000312. The average molecular weight is 464 g/mol. The van der Waals surface area contributed by atoms with Crippen LogP contribution in [0, 0.1) is 11.7 Å². The first-order chi connectivity index (χ1) is 11.5. The van der Waals surface area contributed by atoms with Gasteiger partial charge in [0.15, 0.2) is 5.96 Å². The average Bonchev–Trinajstić information content (AvgIpc) is 2.99. The molecule has 1 saturated heterocycles. The number of guanidine groups is 1. The molecule has 7 heteroatoms. The van der Waals surface area contributed by atoms with Crippen molar-refractivity contribution in [1.29, 1.82) is 0 Å². The van der Waals surface area contributed by atoms with Gasteiger partial charge in [-0.2, -0.15) is 0 Å². The number of nitrogens with zero attached hydrogens (tertiary/aromatic N) is 3. The lowest BCUT2D eigenvalue weighted by atomic mass is 10.1. The second-order valence-electron chi connectivity index (χ2n) is 6.62. The molecule has 0 saturated carbocycles. The lowest BCUT2D eigenvalue weighted by Crippen LogP contribution is -2.39. The van der Waals surface area contributed by atoms with Gasteiger partial charge in [0, 0.05) is 51.8 Å². The zero-order valence-corrected chi connectivity index (χ0v) is 17.9. The number of hydrogen-bond donors (Lipinski definition) is 1. The maximum absolute atomic E-state index is 13.9. The molecule has 0 aliphatic carbocycles. The highest BCUT2D eigenvalue weighted by Gasteiger charge is 2.24. The summed E-state index contributed by atoms with van der Waals surface area (Å²) in [6.45, 7) is 3.98. The molecular formula is C18H30FIN4O. The predicted molar refractivity (Wildman–Crippen MR) is 111 cm³/mol. The van der Waals surface area contributed by atoms with Crippen LogP contribution in [0.4, 0.5) is 4.39 Å². The first-order valence-electron chi connectivity index (χ1n) is 8.40. The van der Waals surface area contributed by atoms with Crippen LogP contribution in [0.15, 0.2) is 23.2 Å². The first-order valence-corrected chi connectivity index (χ1v) is 8.40. The van der Waals surface area contributed by atoms with Crippen molar-refractivity contribution < 1.29 is 9.13 Å². The SMILES string of the molecule is CN=C(NCc1ccc(F)c(CN(C)C)c1)N1CCC(COC)C1.I. The van der Waals surface area contributed by atoms with Gasteiger partial charge in [0.1, 0.15) is 5.82 Å². The standard InChI is InChI=1S/C18H29FN4O.HI/c1-20-18(23-8-7-15(11-23)13-24-4)21-10-14-5-6-17(19)16(9-14)12-22(2)3;/h5-6,9,15H,7-8,10-13H2,1-4H3,(H,20,21);1H. The summed E-state index contributed by atoms with van der Waals surface area (Å²) in [6.07, 6.45) is 1.12. The molecule has 0 spiro atoms. The number of nitrogens with one attached hydrogen (secondary N) is 1. The maximum Gasteiger partial charge on any atom is 0.193 e. The Morgan fingerprint density at radius 2 is 2.20 bits per heavy atom. The molecule has 1 heterocycles. The third-order valence-electron chi connectivity index (χ3n) is 4.25. The van der Waals surface area contributed by atoms with Crippen LogP contribution in [0.3, 0.4) is 0 Å². The van der Waals surface area contributed by atoms with Gasteiger partial charge >= 0.3 is 0 Å². The topological polar surface area (TPSA) is 40.1 Å². The number of hydrogen-bond acceptors (Lipinski definition) is 3. The van der Waals surface area contributed by atoms with E-state index < -0.39 is 0 Å². The summed E-state index contributed by atoms with van der Waals surface area (Å²) in [5, 5.41) is 3.39. The normalized spacial score (nSPS) is 17.8. The molecule has 0 aromatic heterocycles. The summed E-state index contributed by atoms with van der Waals surface area (Å²) < 4.78 is 19.1. The van der Waals surface area contributed by atoms with Crippen LogP contribution in [0.1, 0.15) is 17.5 Å². The van der Waals surface area contributed by atoms with Crippen molar-refractivity contribution in [3.8, 4) is 0 Å². The van der Waals surface area contributed by atoms with Crippen LogP contribution >= 0.6 is 24.0 Å². The van der Waals surface area contributed by atoms with Gasteiger partial charge < -0.3 is 19.9 Å².